The predicted octanol–water partition coefficient (Wildman–Crippen LogP) is 1.52. The molecule has 0 bridgehead atoms. The molecular formula is C25H27BN4O4. The number of anilines is 1. The topological polar surface area (TPSA) is 131 Å². The van der Waals surface area contributed by atoms with Crippen molar-refractivity contribution < 1.29 is 19.6 Å². The SMILES string of the molecule is CC1Cc2c(C(N)=O)cccc2C1c1nc2c(c(NCc3cccc(B(O)O)c3)n1)OCCC2. The first-order valence-electron chi connectivity index (χ1n) is 11.6. The first-order valence-corrected chi connectivity index (χ1v) is 11.6. The van der Waals surface area contributed by atoms with E-state index in [-0.39, 0.29) is 11.8 Å². The molecule has 3 aromatic rings. The number of aromatic nitrogens is 2. The van der Waals surface area contributed by atoms with E-state index in [1.54, 1.807) is 24.3 Å². The summed E-state index contributed by atoms with van der Waals surface area (Å²) < 4.78 is 5.94. The highest BCUT2D eigenvalue weighted by atomic mass is 16.5. The lowest BCUT2D eigenvalue weighted by Gasteiger charge is -2.23. The van der Waals surface area contributed by atoms with Crippen LogP contribution in [0.15, 0.2) is 42.5 Å². The predicted molar refractivity (Wildman–Crippen MR) is 129 cm³/mol. The molecule has 8 nitrogen and oxygen atoms in total. The molecule has 5 rings (SSSR count). The van der Waals surface area contributed by atoms with Crippen LogP contribution in [0.4, 0.5) is 5.82 Å². The number of carbonyl (C=O) groups is 1. The van der Waals surface area contributed by atoms with Crippen molar-refractivity contribution in [2.24, 2.45) is 11.7 Å². The van der Waals surface area contributed by atoms with E-state index in [2.05, 4.69) is 12.2 Å². The molecule has 2 aliphatic rings. The highest BCUT2D eigenvalue weighted by Gasteiger charge is 2.36. The van der Waals surface area contributed by atoms with Gasteiger partial charge in [0.2, 0.25) is 5.91 Å². The summed E-state index contributed by atoms with van der Waals surface area (Å²) in [5.41, 5.74) is 10.4. The molecule has 1 aliphatic carbocycles. The van der Waals surface area contributed by atoms with Crippen molar-refractivity contribution in [2.75, 3.05) is 11.9 Å². The highest BCUT2D eigenvalue weighted by molar-refractivity contribution is 6.58. The molecule has 1 aliphatic heterocycles. The lowest BCUT2D eigenvalue weighted by atomic mass is 9.80. The van der Waals surface area contributed by atoms with Crippen molar-refractivity contribution in [1.29, 1.82) is 0 Å². The summed E-state index contributed by atoms with van der Waals surface area (Å²) >= 11 is 0. The van der Waals surface area contributed by atoms with Crippen LogP contribution in [0.25, 0.3) is 0 Å². The molecule has 34 heavy (non-hydrogen) atoms. The summed E-state index contributed by atoms with van der Waals surface area (Å²) in [6.07, 6.45) is 2.44. The van der Waals surface area contributed by atoms with Gasteiger partial charge in [-0.15, -0.1) is 0 Å². The van der Waals surface area contributed by atoms with Crippen LogP contribution in [0, 0.1) is 5.92 Å². The molecule has 0 spiro atoms. The summed E-state index contributed by atoms with van der Waals surface area (Å²) in [7, 11) is -1.52. The summed E-state index contributed by atoms with van der Waals surface area (Å²) in [6.45, 7) is 3.20. The molecule has 1 amide bonds. The molecule has 2 aromatic carbocycles. The Morgan fingerprint density at radius 1 is 1.24 bits per heavy atom. The number of nitrogens with two attached hydrogens (primary N) is 1. The lowest BCUT2D eigenvalue weighted by Crippen LogP contribution is -2.30. The maximum atomic E-state index is 12.0. The summed E-state index contributed by atoms with van der Waals surface area (Å²) in [5, 5.41) is 22.3. The minimum Gasteiger partial charge on any atom is -0.488 e. The number of benzene rings is 2. The van der Waals surface area contributed by atoms with Crippen molar-refractivity contribution >= 4 is 24.3 Å². The number of rotatable bonds is 6. The number of hydrogen-bond donors (Lipinski definition) is 4. The Labute approximate surface area is 198 Å². The molecule has 2 heterocycles. The van der Waals surface area contributed by atoms with E-state index in [9.17, 15) is 14.8 Å². The summed E-state index contributed by atoms with van der Waals surface area (Å²) in [5.74, 6) is 1.76. The van der Waals surface area contributed by atoms with Gasteiger partial charge in [0.25, 0.3) is 0 Å². The average Bonchev–Trinajstić information content (AvgIpc) is 3.18. The third-order valence-corrected chi connectivity index (χ3v) is 6.65. The Bertz CT molecular complexity index is 1250. The van der Waals surface area contributed by atoms with Crippen LogP contribution >= 0.6 is 0 Å². The first kappa shape index (κ1) is 22.4. The second-order valence-electron chi connectivity index (χ2n) is 9.03. The molecule has 2 unspecified atom stereocenters. The molecule has 0 radical (unpaired) electrons. The van der Waals surface area contributed by atoms with E-state index >= 15 is 0 Å². The van der Waals surface area contributed by atoms with Gasteiger partial charge < -0.3 is 25.8 Å². The van der Waals surface area contributed by atoms with E-state index < -0.39 is 13.0 Å². The summed E-state index contributed by atoms with van der Waals surface area (Å²) in [6, 6.07) is 12.8. The fraction of sp³-hybridized carbons (Fsp3) is 0.320. The van der Waals surface area contributed by atoms with Gasteiger partial charge >= 0.3 is 7.12 Å². The number of amides is 1. The number of ether oxygens (including phenoxy) is 1. The number of aryl methyl sites for hydroxylation is 1. The quantitative estimate of drug-likeness (QED) is 0.412. The fourth-order valence-corrected chi connectivity index (χ4v) is 5.05. The Morgan fingerprint density at radius 3 is 2.85 bits per heavy atom. The second-order valence-corrected chi connectivity index (χ2v) is 9.03. The van der Waals surface area contributed by atoms with Crippen molar-refractivity contribution in [3.8, 4) is 5.75 Å². The van der Waals surface area contributed by atoms with Crippen molar-refractivity contribution in [3.05, 3.63) is 76.2 Å². The highest BCUT2D eigenvalue weighted by Crippen LogP contribution is 2.44. The Morgan fingerprint density at radius 2 is 2.06 bits per heavy atom. The van der Waals surface area contributed by atoms with E-state index in [1.807, 2.05) is 18.2 Å². The third-order valence-electron chi connectivity index (χ3n) is 6.65. The number of nitrogens with zero attached hydrogens (tertiary/aromatic N) is 2. The zero-order chi connectivity index (χ0) is 23.8. The standard InChI is InChI=1S/C25H27BN4O4/c1-14-11-19-17(7-3-8-18(19)23(27)31)21(14)24-29-20-9-4-10-34-22(20)25(30-24)28-13-15-5-2-6-16(12-15)26(32)33/h2-3,5-8,12,14,21,32-33H,4,9-11,13H2,1H3,(H2,27,31)(H,28,29,30). The van der Waals surface area contributed by atoms with E-state index in [4.69, 9.17) is 20.4 Å². The Balaban J connectivity index is 1.51. The van der Waals surface area contributed by atoms with Crippen molar-refractivity contribution in [1.82, 2.24) is 9.97 Å². The van der Waals surface area contributed by atoms with E-state index in [1.165, 1.54) is 0 Å². The van der Waals surface area contributed by atoms with Gasteiger partial charge in [-0.25, -0.2) is 9.97 Å². The van der Waals surface area contributed by atoms with Gasteiger partial charge in [-0.05, 0) is 53.4 Å². The van der Waals surface area contributed by atoms with Crippen LogP contribution in [0.1, 0.15) is 57.8 Å². The van der Waals surface area contributed by atoms with Gasteiger partial charge in [0.15, 0.2) is 11.6 Å². The number of nitrogens with one attached hydrogen (secondary N) is 1. The number of carbonyl (C=O) groups excluding carboxylic acids is 1. The minimum atomic E-state index is -1.52. The number of fused-ring (bicyclic) bond motifs is 2. The smallest absolute Gasteiger partial charge is 0.488 e. The molecule has 9 heteroatoms. The molecule has 0 fully saturated rings. The van der Waals surface area contributed by atoms with Crippen molar-refractivity contribution in [2.45, 2.75) is 38.6 Å². The third kappa shape index (κ3) is 4.13. The fourth-order valence-electron chi connectivity index (χ4n) is 5.05. The van der Waals surface area contributed by atoms with Gasteiger partial charge in [-0.1, -0.05) is 43.3 Å². The second kappa shape index (κ2) is 9.08. The van der Waals surface area contributed by atoms with E-state index in [0.29, 0.717) is 41.6 Å². The van der Waals surface area contributed by atoms with E-state index in [0.717, 1.165) is 41.6 Å². The molecular weight excluding hydrogens is 431 g/mol. The molecule has 2 atom stereocenters. The number of hydrogen-bond acceptors (Lipinski definition) is 7. The normalized spacial score (nSPS) is 18.6. The monoisotopic (exact) mass is 458 g/mol. The Kier molecular flexibility index (Phi) is 5.97. The molecule has 0 saturated carbocycles. The zero-order valence-corrected chi connectivity index (χ0v) is 19.0. The van der Waals surface area contributed by atoms with Crippen LogP contribution in [0.5, 0.6) is 5.75 Å². The molecule has 1 aromatic heterocycles. The zero-order valence-electron chi connectivity index (χ0n) is 19.0. The number of primary amides is 1. The van der Waals surface area contributed by atoms with Crippen LogP contribution in [-0.2, 0) is 19.4 Å². The molecule has 0 saturated heterocycles. The maximum Gasteiger partial charge on any atom is 0.488 e. The first-order chi connectivity index (χ1) is 16.4. The van der Waals surface area contributed by atoms with Gasteiger partial charge in [-0.3, -0.25) is 4.79 Å². The average molecular weight is 458 g/mol. The van der Waals surface area contributed by atoms with Crippen LogP contribution in [0.3, 0.4) is 0 Å². The van der Waals surface area contributed by atoms with Crippen LogP contribution in [0.2, 0.25) is 0 Å². The summed E-state index contributed by atoms with van der Waals surface area (Å²) in [4.78, 5) is 21.8. The lowest BCUT2D eigenvalue weighted by molar-refractivity contribution is 0.0999. The molecule has 174 valence electrons. The van der Waals surface area contributed by atoms with Crippen molar-refractivity contribution in [3.63, 3.8) is 0 Å². The molecule has 5 N–H and O–H groups in total. The van der Waals surface area contributed by atoms with Gasteiger partial charge in [0.1, 0.15) is 5.82 Å². The van der Waals surface area contributed by atoms with Gasteiger partial charge in [0, 0.05) is 18.0 Å². The van der Waals surface area contributed by atoms with Gasteiger partial charge in [-0.2, -0.15) is 0 Å². The maximum absolute atomic E-state index is 12.0. The van der Waals surface area contributed by atoms with Crippen LogP contribution in [-0.4, -0.2) is 39.6 Å². The minimum absolute atomic E-state index is 0.0464. The largest absolute Gasteiger partial charge is 0.488 e. The van der Waals surface area contributed by atoms with Gasteiger partial charge in [0.05, 0.1) is 12.3 Å². The Hall–Kier alpha value is -3.43. The van der Waals surface area contributed by atoms with Crippen LogP contribution < -0.4 is 21.3 Å².